The van der Waals surface area contributed by atoms with E-state index < -0.39 is 17.5 Å². The number of carbonyl (C=O) groups excluding carboxylic acids is 1. The fraction of sp³-hybridized carbons (Fsp3) is 0.316. The topological polar surface area (TPSA) is 20.3 Å². The molecule has 1 aliphatic heterocycles. The lowest BCUT2D eigenvalue weighted by atomic mass is 9.56. The third-order valence-corrected chi connectivity index (χ3v) is 5.26. The summed E-state index contributed by atoms with van der Waals surface area (Å²) in [4.78, 5) is 14.4. The maximum atomic E-state index is 13.9. The van der Waals surface area contributed by atoms with E-state index in [2.05, 4.69) is 0 Å². The first-order valence-electron chi connectivity index (χ1n) is 7.92. The molecule has 1 aliphatic carbocycles. The van der Waals surface area contributed by atoms with Crippen LogP contribution >= 0.6 is 0 Å². The summed E-state index contributed by atoms with van der Waals surface area (Å²) in [6.07, 6.45) is 3.34. The number of rotatable bonds is 2. The fourth-order valence-electron chi connectivity index (χ4n) is 3.97. The molecule has 118 valence electrons. The van der Waals surface area contributed by atoms with Crippen molar-refractivity contribution in [3.63, 3.8) is 0 Å². The van der Waals surface area contributed by atoms with E-state index in [-0.39, 0.29) is 17.0 Å². The molecule has 2 fully saturated rings. The largest absolute Gasteiger partial charge is 0.330 e. The third kappa shape index (κ3) is 2.16. The van der Waals surface area contributed by atoms with Crippen molar-refractivity contribution in [2.45, 2.75) is 25.3 Å². The van der Waals surface area contributed by atoms with Gasteiger partial charge in [-0.25, -0.2) is 8.78 Å². The first-order valence-corrected chi connectivity index (χ1v) is 7.92. The average Bonchev–Trinajstić information content (AvgIpc) is 2.48. The van der Waals surface area contributed by atoms with Crippen molar-refractivity contribution >= 4 is 5.91 Å². The quantitative estimate of drug-likeness (QED) is 0.808. The molecule has 1 unspecified atom stereocenters. The molecule has 0 radical (unpaired) electrons. The lowest BCUT2D eigenvalue weighted by Gasteiger charge is -2.62. The standard InChI is InChI=1S/C19H17F2NO/c20-14-7-8-16(21)15(11-14)18(23)22-12-19(9-4-10-19)17(22)13-5-2-1-3-6-13/h1-3,5-8,11,17H,4,9-10,12H2. The van der Waals surface area contributed by atoms with Crippen LogP contribution in [0.15, 0.2) is 48.5 Å². The van der Waals surface area contributed by atoms with Crippen molar-refractivity contribution in [3.05, 3.63) is 71.3 Å². The molecule has 4 heteroatoms. The number of hydrogen-bond acceptors (Lipinski definition) is 1. The molecule has 2 aromatic rings. The Morgan fingerprint density at radius 1 is 1.09 bits per heavy atom. The number of likely N-dealkylation sites (tertiary alicyclic amines) is 1. The van der Waals surface area contributed by atoms with Crippen LogP contribution in [0, 0.1) is 17.0 Å². The molecule has 1 saturated heterocycles. The molecule has 1 spiro atoms. The zero-order valence-electron chi connectivity index (χ0n) is 12.6. The number of hydrogen-bond donors (Lipinski definition) is 0. The summed E-state index contributed by atoms with van der Waals surface area (Å²) >= 11 is 0. The summed E-state index contributed by atoms with van der Waals surface area (Å²) in [5.74, 6) is -1.68. The van der Waals surface area contributed by atoms with Gasteiger partial charge in [0.1, 0.15) is 11.6 Å². The monoisotopic (exact) mass is 313 g/mol. The molecule has 1 amide bonds. The maximum absolute atomic E-state index is 13.9. The van der Waals surface area contributed by atoms with Crippen molar-refractivity contribution in [3.8, 4) is 0 Å². The summed E-state index contributed by atoms with van der Waals surface area (Å²) in [7, 11) is 0. The van der Waals surface area contributed by atoms with Gasteiger partial charge < -0.3 is 4.90 Å². The average molecular weight is 313 g/mol. The van der Waals surface area contributed by atoms with Gasteiger partial charge in [0.2, 0.25) is 0 Å². The highest BCUT2D eigenvalue weighted by Gasteiger charge is 2.58. The maximum Gasteiger partial charge on any atom is 0.257 e. The van der Waals surface area contributed by atoms with Crippen LogP contribution in [-0.4, -0.2) is 17.4 Å². The minimum absolute atomic E-state index is 0.0346. The molecule has 23 heavy (non-hydrogen) atoms. The molecule has 2 aromatic carbocycles. The van der Waals surface area contributed by atoms with Crippen molar-refractivity contribution in [1.29, 1.82) is 0 Å². The summed E-state index contributed by atoms with van der Waals surface area (Å²) in [5, 5.41) is 0. The zero-order valence-corrected chi connectivity index (χ0v) is 12.6. The lowest BCUT2D eigenvalue weighted by Crippen LogP contribution is -2.63. The van der Waals surface area contributed by atoms with Gasteiger partial charge in [-0.05, 0) is 36.6 Å². The van der Waals surface area contributed by atoms with Gasteiger partial charge in [-0.15, -0.1) is 0 Å². The zero-order chi connectivity index (χ0) is 16.0. The van der Waals surface area contributed by atoms with Gasteiger partial charge in [-0.3, -0.25) is 4.79 Å². The van der Waals surface area contributed by atoms with Crippen LogP contribution in [0.4, 0.5) is 8.78 Å². The second-order valence-corrected chi connectivity index (χ2v) is 6.59. The van der Waals surface area contributed by atoms with Crippen LogP contribution < -0.4 is 0 Å². The molecule has 4 rings (SSSR count). The minimum Gasteiger partial charge on any atom is -0.330 e. The molecule has 2 nitrogen and oxygen atoms in total. The van der Waals surface area contributed by atoms with Gasteiger partial charge in [0, 0.05) is 12.0 Å². The Kier molecular flexibility index (Phi) is 3.22. The minimum atomic E-state index is -0.669. The van der Waals surface area contributed by atoms with Crippen molar-refractivity contribution in [1.82, 2.24) is 4.90 Å². The lowest BCUT2D eigenvalue weighted by molar-refractivity contribution is -0.105. The van der Waals surface area contributed by atoms with Crippen LogP contribution in [0.2, 0.25) is 0 Å². The highest BCUT2D eigenvalue weighted by Crippen LogP contribution is 2.60. The molecule has 2 aliphatic rings. The first kappa shape index (κ1) is 14.4. The number of halogens is 2. The highest BCUT2D eigenvalue weighted by atomic mass is 19.1. The Hall–Kier alpha value is -2.23. The van der Waals surface area contributed by atoms with E-state index in [0.717, 1.165) is 36.6 Å². The summed E-state index contributed by atoms with van der Waals surface area (Å²) in [6.45, 7) is 0.626. The van der Waals surface area contributed by atoms with Gasteiger partial charge >= 0.3 is 0 Å². The van der Waals surface area contributed by atoms with Crippen molar-refractivity contribution in [2.24, 2.45) is 5.41 Å². The molecule has 1 atom stereocenters. The van der Waals surface area contributed by atoms with E-state index in [0.29, 0.717) is 6.54 Å². The highest BCUT2D eigenvalue weighted by molar-refractivity contribution is 5.95. The van der Waals surface area contributed by atoms with E-state index in [1.54, 1.807) is 4.90 Å². The fourth-order valence-corrected chi connectivity index (χ4v) is 3.97. The van der Waals surface area contributed by atoms with Crippen LogP contribution in [0.3, 0.4) is 0 Å². The molecule has 0 bridgehead atoms. The number of amides is 1. The van der Waals surface area contributed by atoms with Gasteiger partial charge in [-0.1, -0.05) is 36.8 Å². The predicted octanol–water partition coefficient (Wildman–Crippen LogP) is 4.33. The van der Waals surface area contributed by atoms with E-state index in [9.17, 15) is 13.6 Å². The SMILES string of the molecule is O=C(c1cc(F)ccc1F)N1CC2(CCC2)C1c1ccccc1. The Labute approximate surface area is 133 Å². The van der Waals surface area contributed by atoms with Gasteiger partial charge in [0.25, 0.3) is 5.91 Å². The summed E-state index contributed by atoms with van der Waals surface area (Å²) < 4.78 is 27.3. The summed E-state index contributed by atoms with van der Waals surface area (Å²) in [6, 6.07) is 12.9. The van der Waals surface area contributed by atoms with Gasteiger partial charge in [0.15, 0.2) is 0 Å². The van der Waals surface area contributed by atoms with Crippen molar-refractivity contribution in [2.75, 3.05) is 6.54 Å². The Bertz CT molecular complexity index is 755. The van der Waals surface area contributed by atoms with Gasteiger partial charge in [-0.2, -0.15) is 0 Å². The van der Waals surface area contributed by atoms with Crippen LogP contribution in [0.25, 0.3) is 0 Å². The van der Waals surface area contributed by atoms with E-state index in [1.165, 1.54) is 6.42 Å². The molecular formula is C19H17F2NO. The first-order chi connectivity index (χ1) is 11.1. The van der Waals surface area contributed by atoms with Crippen molar-refractivity contribution < 1.29 is 13.6 Å². The van der Waals surface area contributed by atoms with E-state index >= 15 is 0 Å². The third-order valence-electron chi connectivity index (χ3n) is 5.26. The molecule has 0 aromatic heterocycles. The Morgan fingerprint density at radius 3 is 2.48 bits per heavy atom. The van der Waals surface area contributed by atoms with Gasteiger partial charge in [0.05, 0.1) is 11.6 Å². The molecule has 1 heterocycles. The normalized spacial score (nSPS) is 21.7. The summed E-state index contributed by atoms with van der Waals surface area (Å²) in [5.41, 5.74) is 1.02. The van der Waals surface area contributed by atoms with Crippen LogP contribution in [0.5, 0.6) is 0 Å². The van der Waals surface area contributed by atoms with E-state index in [1.807, 2.05) is 30.3 Å². The van der Waals surface area contributed by atoms with Crippen LogP contribution in [0.1, 0.15) is 41.2 Å². The Balaban J connectivity index is 1.68. The van der Waals surface area contributed by atoms with Crippen LogP contribution in [-0.2, 0) is 0 Å². The number of benzene rings is 2. The van der Waals surface area contributed by atoms with E-state index in [4.69, 9.17) is 0 Å². The second kappa shape index (κ2) is 5.15. The predicted molar refractivity (Wildman–Crippen MR) is 82.9 cm³/mol. The number of nitrogens with zero attached hydrogens (tertiary/aromatic N) is 1. The number of carbonyl (C=O) groups is 1. The molecule has 1 saturated carbocycles. The second-order valence-electron chi connectivity index (χ2n) is 6.59. The smallest absolute Gasteiger partial charge is 0.257 e. The Morgan fingerprint density at radius 2 is 1.83 bits per heavy atom. The molecular weight excluding hydrogens is 296 g/mol. The molecule has 0 N–H and O–H groups in total.